The predicted molar refractivity (Wildman–Crippen MR) is 68.1 cm³/mol. The largest absolute Gasteiger partial charge is 0.464 e. The molecule has 0 spiro atoms. The van der Waals surface area contributed by atoms with Gasteiger partial charge in [0.1, 0.15) is 11.4 Å². The molecule has 1 aromatic heterocycles. The van der Waals surface area contributed by atoms with Crippen LogP contribution in [0.2, 0.25) is 0 Å². The zero-order valence-corrected chi connectivity index (χ0v) is 11.4. The summed E-state index contributed by atoms with van der Waals surface area (Å²) >= 11 is 0. The van der Waals surface area contributed by atoms with Gasteiger partial charge in [0.15, 0.2) is 0 Å². The van der Waals surface area contributed by atoms with Gasteiger partial charge >= 0.3 is 5.97 Å². The molecule has 1 N–H and O–H groups in total. The first-order chi connectivity index (χ1) is 9.04. The molecule has 0 fully saturated rings. The van der Waals surface area contributed by atoms with Crippen molar-refractivity contribution in [1.29, 1.82) is 0 Å². The van der Waals surface area contributed by atoms with E-state index in [1.165, 1.54) is 12.3 Å². The summed E-state index contributed by atoms with van der Waals surface area (Å²) in [6, 6.07) is 1.27. The van der Waals surface area contributed by atoms with Crippen LogP contribution < -0.4 is 5.32 Å². The van der Waals surface area contributed by atoms with Crippen LogP contribution in [0.5, 0.6) is 0 Å². The van der Waals surface area contributed by atoms with Gasteiger partial charge in [-0.1, -0.05) is 0 Å². The van der Waals surface area contributed by atoms with Gasteiger partial charge < -0.3 is 9.47 Å². The summed E-state index contributed by atoms with van der Waals surface area (Å²) < 4.78 is 23.2. The van der Waals surface area contributed by atoms with E-state index >= 15 is 0 Å². The molecular weight excluding hydrogens is 251 g/mol. The second-order valence-corrected chi connectivity index (χ2v) is 4.16. The van der Waals surface area contributed by atoms with Gasteiger partial charge in [0.2, 0.25) is 0 Å². The summed E-state index contributed by atoms with van der Waals surface area (Å²) in [5.74, 6) is -0.972. The zero-order valence-electron chi connectivity index (χ0n) is 11.4. The molecule has 0 aliphatic carbocycles. The molecule has 6 heteroatoms. The number of ether oxygens (including phenoxy) is 2. The van der Waals surface area contributed by atoms with Gasteiger partial charge in [-0.2, -0.15) is 0 Å². The molecule has 0 bridgehead atoms. The van der Waals surface area contributed by atoms with Crippen LogP contribution in [-0.4, -0.2) is 37.8 Å². The van der Waals surface area contributed by atoms with Crippen molar-refractivity contribution in [3.63, 3.8) is 0 Å². The lowest BCUT2D eigenvalue weighted by Crippen LogP contribution is -2.49. The average molecular weight is 270 g/mol. The Kier molecular flexibility index (Phi) is 5.85. The van der Waals surface area contributed by atoms with Crippen molar-refractivity contribution >= 4 is 5.97 Å². The van der Waals surface area contributed by atoms with Gasteiger partial charge in [0.25, 0.3) is 0 Å². The Hall–Kier alpha value is -1.53. The number of rotatable bonds is 7. The second kappa shape index (κ2) is 7.16. The number of carbonyl (C=O) groups excluding carboxylic acids is 1. The maximum absolute atomic E-state index is 13.3. The van der Waals surface area contributed by atoms with E-state index in [2.05, 4.69) is 10.3 Å². The molecule has 0 amide bonds. The lowest BCUT2D eigenvalue weighted by Gasteiger charge is -2.28. The molecule has 1 rings (SSSR count). The van der Waals surface area contributed by atoms with E-state index in [9.17, 15) is 9.18 Å². The lowest BCUT2D eigenvalue weighted by atomic mass is 9.93. The smallest absolute Gasteiger partial charge is 0.330 e. The van der Waals surface area contributed by atoms with Crippen molar-refractivity contribution in [3.05, 3.63) is 29.8 Å². The fourth-order valence-corrected chi connectivity index (χ4v) is 1.66. The molecule has 1 unspecified atom stereocenters. The average Bonchev–Trinajstić information content (AvgIpc) is 2.39. The van der Waals surface area contributed by atoms with Crippen molar-refractivity contribution in [3.8, 4) is 0 Å². The Morgan fingerprint density at radius 1 is 1.53 bits per heavy atom. The van der Waals surface area contributed by atoms with Crippen LogP contribution >= 0.6 is 0 Å². The van der Waals surface area contributed by atoms with E-state index in [-0.39, 0.29) is 6.61 Å². The van der Waals surface area contributed by atoms with Crippen molar-refractivity contribution in [1.82, 2.24) is 10.3 Å². The van der Waals surface area contributed by atoms with Crippen molar-refractivity contribution < 1.29 is 18.7 Å². The number of methoxy groups -OCH3 is 1. The first kappa shape index (κ1) is 15.5. The quantitative estimate of drug-likeness (QED) is 0.596. The molecule has 0 aliphatic heterocycles. The Balaban J connectivity index is 2.99. The van der Waals surface area contributed by atoms with Gasteiger partial charge in [-0.3, -0.25) is 10.3 Å². The minimum absolute atomic E-state index is 0.253. The summed E-state index contributed by atoms with van der Waals surface area (Å²) in [5, 5.41) is 3.02. The van der Waals surface area contributed by atoms with Gasteiger partial charge in [-0.05, 0) is 19.9 Å². The second-order valence-electron chi connectivity index (χ2n) is 4.16. The number of aromatic nitrogens is 1. The van der Waals surface area contributed by atoms with Gasteiger partial charge in [0.05, 0.1) is 19.4 Å². The van der Waals surface area contributed by atoms with Gasteiger partial charge in [-0.25, -0.2) is 9.18 Å². The molecular formula is C13H19FN2O3. The summed E-state index contributed by atoms with van der Waals surface area (Å²) in [5.41, 5.74) is -0.731. The van der Waals surface area contributed by atoms with Crippen LogP contribution in [0.15, 0.2) is 18.5 Å². The monoisotopic (exact) mass is 270 g/mol. The first-order valence-corrected chi connectivity index (χ1v) is 6.06. The van der Waals surface area contributed by atoms with Crippen molar-refractivity contribution in [2.45, 2.75) is 19.4 Å². The van der Waals surface area contributed by atoms with E-state index in [1.54, 1.807) is 21.0 Å². The van der Waals surface area contributed by atoms with Gasteiger partial charge in [0, 0.05) is 25.4 Å². The standard InChI is InChI=1S/C13H19FN2O3/c1-4-19-12(17)13(2,16-5-6-18-3)10-7-11(14)9-15-8-10/h7-9,16H,4-6H2,1-3H3. The number of carbonyl (C=O) groups is 1. The number of nitrogens with one attached hydrogen (secondary N) is 1. The van der Waals surface area contributed by atoms with Crippen LogP contribution in [0.4, 0.5) is 4.39 Å². The first-order valence-electron chi connectivity index (χ1n) is 6.06. The third-order valence-electron chi connectivity index (χ3n) is 2.75. The Morgan fingerprint density at radius 3 is 2.84 bits per heavy atom. The minimum atomic E-state index is -1.15. The third kappa shape index (κ3) is 3.97. The summed E-state index contributed by atoms with van der Waals surface area (Å²) in [7, 11) is 1.56. The fourth-order valence-electron chi connectivity index (χ4n) is 1.66. The van der Waals surface area contributed by atoms with Crippen molar-refractivity contribution in [2.75, 3.05) is 26.9 Å². The number of nitrogens with zero attached hydrogens (tertiary/aromatic N) is 1. The highest BCUT2D eigenvalue weighted by atomic mass is 19.1. The lowest BCUT2D eigenvalue weighted by molar-refractivity contribution is -0.151. The topological polar surface area (TPSA) is 60.5 Å². The summed E-state index contributed by atoms with van der Waals surface area (Å²) in [6.07, 6.45) is 2.53. The van der Waals surface area contributed by atoms with Gasteiger partial charge in [-0.15, -0.1) is 0 Å². The Labute approximate surface area is 112 Å². The molecule has 0 aliphatic rings. The van der Waals surface area contributed by atoms with Crippen LogP contribution in [-0.2, 0) is 19.8 Å². The van der Waals surface area contributed by atoms with Crippen LogP contribution in [0.1, 0.15) is 19.4 Å². The maximum atomic E-state index is 13.3. The number of esters is 1. The number of halogens is 1. The highest BCUT2D eigenvalue weighted by Gasteiger charge is 2.36. The number of hydrogen-bond acceptors (Lipinski definition) is 5. The minimum Gasteiger partial charge on any atom is -0.464 e. The molecule has 5 nitrogen and oxygen atoms in total. The SMILES string of the molecule is CCOC(=O)C(C)(NCCOC)c1cncc(F)c1. The van der Waals surface area contributed by atoms with E-state index in [0.29, 0.717) is 18.7 Å². The highest BCUT2D eigenvalue weighted by Crippen LogP contribution is 2.22. The molecule has 19 heavy (non-hydrogen) atoms. The van der Waals surface area contributed by atoms with E-state index in [0.717, 1.165) is 6.20 Å². The maximum Gasteiger partial charge on any atom is 0.330 e. The highest BCUT2D eigenvalue weighted by molar-refractivity contribution is 5.82. The Bertz CT molecular complexity index is 428. The van der Waals surface area contributed by atoms with E-state index in [1.807, 2.05) is 0 Å². The van der Waals surface area contributed by atoms with E-state index < -0.39 is 17.3 Å². The van der Waals surface area contributed by atoms with Crippen molar-refractivity contribution in [2.24, 2.45) is 0 Å². The molecule has 1 aromatic rings. The molecule has 0 radical (unpaired) electrons. The molecule has 0 aromatic carbocycles. The van der Waals surface area contributed by atoms with Crippen LogP contribution in [0.3, 0.4) is 0 Å². The van der Waals surface area contributed by atoms with Crippen LogP contribution in [0.25, 0.3) is 0 Å². The van der Waals surface area contributed by atoms with Crippen LogP contribution in [0, 0.1) is 5.82 Å². The molecule has 1 heterocycles. The molecule has 106 valence electrons. The normalized spacial score (nSPS) is 13.9. The number of pyridine rings is 1. The molecule has 1 atom stereocenters. The summed E-state index contributed by atoms with van der Waals surface area (Å²) in [4.78, 5) is 15.9. The van der Waals surface area contributed by atoms with E-state index in [4.69, 9.17) is 9.47 Å². The zero-order chi connectivity index (χ0) is 14.3. The fraction of sp³-hybridized carbons (Fsp3) is 0.538. The Morgan fingerprint density at radius 2 is 2.26 bits per heavy atom. The molecule has 0 saturated carbocycles. The molecule has 0 saturated heterocycles. The predicted octanol–water partition coefficient (Wildman–Crippen LogP) is 1.23. The summed E-state index contributed by atoms with van der Waals surface area (Å²) in [6.45, 7) is 4.47. The number of hydrogen-bond donors (Lipinski definition) is 1. The third-order valence-corrected chi connectivity index (χ3v) is 2.75.